The van der Waals surface area contributed by atoms with E-state index in [1.807, 2.05) is 31.2 Å². The molecule has 3 amide bonds. The molecular weight excluding hydrogens is 336 g/mol. The number of nitrogens with one attached hydrogen (secondary N) is 1. The molecular formula is C19H22N2O5. The second-order valence-corrected chi connectivity index (χ2v) is 6.59. The zero-order valence-corrected chi connectivity index (χ0v) is 14.8. The Morgan fingerprint density at radius 1 is 1.27 bits per heavy atom. The average molecular weight is 358 g/mol. The van der Waals surface area contributed by atoms with Crippen molar-refractivity contribution < 1.29 is 23.8 Å². The largest absolute Gasteiger partial charge is 0.467 e. The molecule has 3 rings (SSSR count). The number of urea groups is 1. The Hall–Kier alpha value is -2.64. The van der Waals surface area contributed by atoms with E-state index in [2.05, 4.69) is 5.32 Å². The first kappa shape index (κ1) is 18.2. The standard InChI is InChI=1S/C19H22N2O5/c1-13-5-7-14(8-6-13)19(2)17(23)21(18(24)20-19)10-15(22)11-25-12-16-4-3-9-26-16/h3-9,15,22H,10-12H2,1-2H3,(H,20,24)/t15-,19+/m0/s1. The van der Waals surface area contributed by atoms with Crippen molar-refractivity contribution in [2.75, 3.05) is 13.2 Å². The Balaban J connectivity index is 1.60. The Morgan fingerprint density at radius 3 is 2.65 bits per heavy atom. The number of imide groups is 1. The summed E-state index contributed by atoms with van der Waals surface area (Å²) in [6, 6.07) is 10.4. The van der Waals surface area contributed by atoms with Crippen molar-refractivity contribution in [3.8, 4) is 0 Å². The van der Waals surface area contributed by atoms with Crippen LogP contribution in [0.5, 0.6) is 0 Å². The number of benzene rings is 1. The minimum absolute atomic E-state index is 0.0149. The second kappa shape index (κ2) is 7.31. The van der Waals surface area contributed by atoms with Gasteiger partial charge in [-0.1, -0.05) is 29.8 Å². The van der Waals surface area contributed by atoms with E-state index in [1.165, 1.54) is 6.26 Å². The number of carbonyl (C=O) groups excluding carboxylic acids is 2. The van der Waals surface area contributed by atoms with E-state index < -0.39 is 23.6 Å². The van der Waals surface area contributed by atoms with Crippen molar-refractivity contribution in [1.29, 1.82) is 0 Å². The molecule has 2 heterocycles. The third-order valence-electron chi connectivity index (χ3n) is 4.43. The van der Waals surface area contributed by atoms with Crippen LogP contribution in [0.25, 0.3) is 0 Å². The van der Waals surface area contributed by atoms with E-state index in [0.29, 0.717) is 11.3 Å². The minimum Gasteiger partial charge on any atom is -0.467 e. The molecule has 1 fully saturated rings. The molecule has 2 aromatic rings. The van der Waals surface area contributed by atoms with Crippen LogP contribution in [0.1, 0.15) is 23.8 Å². The fraction of sp³-hybridized carbons (Fsp3) is 0.368. The summed E-state index contributed by atoms with van der Waals surface area (Å²) < 4.78 is 10.5. The molecule has 1 aliphatic heterocycles. The summed E-state index contributed by atoms with van der Waals surface area (Å²) in [5.74, 6) is 0.246. The van der Waals surface area contributed by atoms with Gasteiger partial charge in [-0.05, 0) is 31.5 Å². The maximum atomic E-state index is 12.8. The number of β-amino-alcohol motifs (C(OH)–C–C–N with tert-alkyl or cyclic N) is 1. The van der Waals surface area contributed by atoms with Crippen molar-refractivity contribution in [2.24, 2.45) is 0 Å². The Bertz CT molecular complexity index is 772. The lowest BCUT2D eigenvalue weighted by Gasteiger charge is -2.23. The number of nitrogens with zero attached hydrogens (tertiary/aromatic N) is 1. The van der Waals surface area contributed by atoms with Gasteiger partial charge in [0.1, 0.15) is 17.9 Å². The van der Waals surface area contributed by atoms with Gasteiger partial charge < -0.3 is 19.6 Å². The van der Waals surface area contributed by atoms with Crippen LogP contribution in [-0.4, -0.2) is 41.2 Å². The number of hydrogen-bond acceptors (Lipinski definition) is 5. The number of rotatable bonds is 7. The van der Waals surface area contributed by atoms with Crippen LogP contribution in [-0.2, 0) is 21.7 Å². The molecule has 0 bridgehead atoms. The van der Waals surface area contributed by atoms with E-state index in [4.69, 9.17) is 9.15 Å². The van der Waals surface area contributed by atoms with Gasteiger partial charge >= 0.3 is 6.03 Å². The molecule has 1 aromatic heterocycles. The number of amides is 3. The molecule has 7 nitrogen and oxygen atoms in total. The summed E-state index contributed by atoms with van der Waals surface area (Å²) in [7, 11) is 0. The lowest BCUT2D eigenvalue weighted by atomic mass is 9.91. The van der Waals surface area contributed by atoms with Crippen LogP contribution in [0.2, 0.25) is 0 Å². The van der Waals surface area contributed by atoms with Gasteiger partial charge in [0.2, 0.25) is 0 Å². The van der Waals surface area contributed by atoms with E-state index in [0.717, 1.165) is 10.5 Å². The third-order valence-corrected chi connectivity index (χ3v) is 4.43. The minimum atomic E-state index is -1.14. The van der Waals surface area contributed by atoms with Crippen molar-refractivity contribution in [3.05, 3.63) is 59.5 Å². The fourth-order valence-corrected chi connectivity index (χ4v) is 2.90. The zero-order chi connectivity index (χ0) is 18.7. The number of aliphatic hydroxyl groups is 1. The van der Waals surface area contributed by atoms with Crippen LogP contribution < -0.4 is 5.32 Å². The van der Waals surface area contributed by atoms with Crippen LogP contribution in [0.4, 0.5) is 4.79 Å². The molecule has 2 N–H and O–H groups in total. The van der Waals surface area contributed by atoms with E-state index in [1.54, 1.807) is 19.1 Å². The van der Waals surface area contributed by atoms with Crippen molar-refractivity contribution >= 4 is 11.9 Å². The van der Waals surface area contributed by atoms with E-state index >= 15 is 0 Å². The van der Waals surface area contributed by atoms with E-state index in [9.17, 15) is 14.7 Å². The van der Waals surface area contributed by atoms with Crippen LogP contribution >= 0.6 is 0 Å². The Labute approximate surface area is 151 Å². The highest BCUT2D eigenvalue weighted by Gasteiger charge is 2.49. The first-order valence-electron chi connectivity index (χ1n) is 8.39. The summed E-state index contributed by atoms with van der Waals surface area (Å²) in [5.41, 5.74) is 0.627. The highest BCUT2D eigenvalue weighted by molar-refractivity contribution is 6.07. The normalized spacial score (nSPS) is 21.1. The number of aliphatic hydroxyl groups excluding tert-OH is 1. The number of aryl methyl sites for hydroxylation is 1. The number of furan rings is 1. The molecule has 138 valence electrons. The SMILES string of the molecule is Cc1ccc([C@@]2(C)NC(=O)N(C[C@H](O)COCc3ccco3)C2=O)cc1. The molecule has 1 aromatic carbocycles. The van der Waals surface area contributed by atoms with Gasteiger partial charge in [-0.15, -0.1) is 0 Å². The number of carbonyl (C=O) groups is 2. The molecule has 0 saturated carbocycles. The lowest BCUT2D eigenvalue weighted by molar-refractivity contribution is -0.132. The number of ether oxygens (including phenoxy) is 1. The third kappa shape index (κ3) is 3.63. The molecule has 0 spiro atoms. The second-order valence-electron chi connectivity index (χ2n) is 6.59. The fourth-order valence-electron chi connectivity index (χ4n) is 2.90. The Kier molecular flexibility index (Phi) is 5.11. The maximum Gasteiger partial charge on any atom is 0.325 e. The molecule has 1 saturated heterocycles. The quantitative estimate of drug-likeness (QED) is 0.738. The van der Waals surface area contributed by atoms with Crippen molar-refractivity contribution in [2.45, 2.75) is 32.1 Å². The lowest BCUT2D eigenvalue weighted by Crippen LogP contribution is -2.42. The zero-order valence-electron chi connectivity index (χ0n) is 14.8. The summed E-state index contributed by atoms with van der Waals surface area (Å²) in [6.07, 6.45) is 0.550. The summed E-state index contributed by atoms with van der Waals surface area (Å²) in [4.78, 5) is 26.1. The first-order valence-corrected chi connectivity index (χ1v) is 8.39. The molecule has 26 heavy (non-hydrogen) atoms. The van der Waals surface area contributed by atoms with Gasteiger partial charge in [-0.25, -0.2) is 4.79 Å². The van der Waals surface area contributed by atoms with Crippen molar-refractivity contribution in [3.63, 3.8) is 0 Å². The monoisotopic (exact) mass is 358 g/mol. The van der Waals surface area contributed by atoms with Gasteiger partial charge in [-0.3, -0.25) is 9.69 Å². The molecule has 7 heteroatoms. The average Bonchev–Trinajstić information content (AvgIpc) is 3.19. The molecule has 1 aliphatic rings. The van der Waals surface area contributed by atoms with Crippen LogP contribution in [0, 0.1) is 6.92 Å². The topological polar surface area (TPSA) is 92.0 Å². The van der Waals surface area contributed by atoms with Gasteiger partial charge in [0.05, 0.1) is 25.5 Å². The smallest absolute Gasteiger partial charge is 0.325 e. The van der Waals surface area contributed by atoms with Crippen LogP contribution in [0.15, 0.2) is 47.1 Å². The molecule has 2 atom stereocenters. The highest BCUT2D eigenvalue weighted by Crippen LogP contribution is 2.29. The Morgan fingerprint density at radius 2 is 2.00 bits per heavy atom. The van der Waals surface area contributed by atoms with Crippen LogP contribution in [0.3, 0.4) is 0 Å². The summed E-state index contributed by atoms with van der Waals surface area (Å²) >= 11 is 0. The predicted molar refractivity (Wildman–Crippen MR) is 93.1 cm³/mol. The number of hydrogen-bond donors (Lipinski definition) is 2. The molecule has 0 aliphatic carbocycles. The van der Waals surface area contributed by atoms with Gasteiger partial charge in [0.15, 0.2) is 0 Å². The summed E-state index contributed by atoms with van der Waals surface area (Å²) in [6.45, 7) is 3.68. The summed E-state index contributed by atoms with van der Waals surface area (Å²) in [5, 5.41) is 12.8. The van der Waals surface area contributed by atoms with Gasteiger partial charge in [0.25, 0.3) is 5.91 Å². The maximum absolute atomic E-state index is 12.8. The highest BCUT2D eigenvalue weighted by atomic mass is 16.5. The first-order chi connectivity index (χ1) is 12.4. The molecule has 0 radical (unpaired) electrons. The van der Waals surface area contributed by atoms with Gasteiger partial charge in [-0.2, -0.15) is 0 Å². The predicted octanol–water partition coefficient (Wildman–Crippen LogP) is 1.93. The van der Waals surface area contributed by atoms with E-state index in [-0.39, 0.29) is 19.8 Å². The van der Waals surface area contributed by atoms with Gasteiger partial charge in [0, 0.05) is 0 Å². The molecule has 0 unspecified atom stereocenters. The van der Waals surface area contributed by atoms with Crippen molar-refractivity contribution in [1.82, 2.24) is 10.2 Å².